The summed E-state index contributed by atoms with van der Waals surface area (Å²) in [5, 5.41) is 13.9. The topological polar surface area (TPSA) is 58.4 Å². The summed E-state index contributed by atoms with van der Waals surface area (Å²) in [6.07, 6.45) is 5.00. The maximum Gasteiger partial charge on any atom is 0.224 e. The number of aryl methyl sites for hydroxylation is 1. The second-order valence-electron chi connectivity index (χ2n) is 6.98. The number of amides is 1. The molecule has 0 radical (unpaired) electrons. The Morgan fingerprint density at radius 3 is 2.92 bits per heavy atom. The molecule has 1 aromatic carbocycles. The standard InChI is InChI=1S/C19H25N3O2/c1-15-14-21(18(24)7-11-22-10-4-9-20-22)12-8-19(15,2)16-5-3-6-17(23)13-16/h3-6,9-10,13,15,23H,7-8,11-12,14H2,1-2H3. The summed E-state index contributed by atoms with van der Waals surface area (Å²) in [6.45, 7) is 6.56. The summed E-state index contributed by atoms with van der Waals surface area (Å²) in [5.41, 5.74) is 1.14. The molecule has 2 atom stereocenters. The highest BCUT2D eigenvalue weighted by Crippen LogP contribution is 2.40. The predicted molar refractivity (Wildman–Crippen MR) is 92.7 cm³/mol. The molecule has 3 rings (SSSR count). The van der Waals surface area contributed by atoms with Crippen molar-refractivity contribution in [2.75, 3.05) is 13.1 Å². The maximum atomic E-state index is 12.5. The van der Waals surface area contributed by atoms with Crippen molar-refractivity contribution in [1.29, 1.82) is 0 Å². The van der Waals surface area contributed by atoms with E-state index in [1.807, 2.05) is 29.3 Å². The van der Waals surface area contributed by atoms with Crippen molar-refractivity contribution < 1.29 is 9.90 Å². The molecule has 1 aromatic heterocycles. The summed E-state index contributed by atoms with van der Waals surface area (Å²) >= 11 is 0. The van der Waals surface area contributed by atoms with Crippen LogP contribution in [0.1, 0.15) is 32.3 Å². The molecule has 1 saturated heterocycles. The average molecular weight is 327 g/mol. The van der Waals surface area contributed by atoms with Crippen molar-refractivity contribution in [2.24, 2.45) is 5.92 Å². The monoisotopic (exact) mass is 327 g/mol. The van der Waals surface area contributed by atoms with Gasteiger partial charge in [0.05, 0.1) is 0 Å². The first-order valence-electron chi connectivity index (χ1n) is 8.54. The molecule has 1 amide bonds. The fourth-order valence-corrected chi connectivity index (χ4v) is 3.55. The van der Waals surface area contributed by atoms with Gasteiger partial charge in [0.2, 0.25) is 5.91 Å². The molecule has 1 N–H and O–H groups in total. The lowest BCUT2D eigenvalue weighted by Crippen LogP contribution is -2.49. The Balaban J connectivity index is 1.63. The zero-order valence-corrected chi connectivity index (χ0v) is 14.4. The number of hydrogen-bond acceptors (Lipinski definition) is 3. The van der Waals surface area contributed by atoms with E-state index in [2.05, 4.69) is 25.0 Å². The number of hydrogen-bond donors (Lipinski definition) is 1. The van der Waals surface area contributed by atoms with E-state index < -0.39 is 0 Å². The lowest BCUT2D eigenvalue weighted by Gasteiger charge is -2.45. The molecule has 2 unspecified atom stereocenters. The van der Waals surface area contributed by atoms with Crippen LogP contribution < -0.4 is 0 Å². The van der Waals surface area contributed by atoms with Gasteiger partial charge in [-0.1, -0.05) is 26.0 Å². The van der Waals surface area contributed by atoms with Crippen LogP contribution in [-0.2, 0) is 16.8 Å². The fourth-order valence-electron chi connectivity index (χ4n) is 3.55. The molecule has 5 nitrogen and oxygen atoms in total. The molecule has 24 heavy (non-hydrogen) atoms. The maximum absolute atomic E-state index is 12.5. The van der Waals surface area contributed by atoms with Gasteiger partial charge in [-0.15, -0.1) is 0 Å². The van der Waals surface area contributed by atoms with E-state index in [4.69, 9.17) is 0 Å². The SMILES string of the molecule is CC1CN(C(=O)CCn2cccn2)CCC1(C)c1cccc(O)c1. The molecule has 0 spiro atoms. The number of benzene rings is 1. The second kappa shape index (κ2) is 6.67. The van der Waals surface area contributed by atoms with E-state index in [9.17, 15) is 9.90 Å². The Kier molecular flexibility index (Phi) is 4.60. The normalized spacial score (nSPS) is 24.1. The molecule has 5 heteroatoms. The third-order valence-corrected chi connectivity index (χ3v) is 5.46. The number of rotatable bonds is 4. The number of likely N-dealkylation sites (tertiary alicyclic amines) is 1. The van der Waals surface area contributed by atoms with Gasteiger partial charge < -0.3 is 10.0 Å². The highest BCUT2D eigenvalue weighted by atomic mass is 16.3. The Bertz CT molecular complexity index is 698. The predicted octanol–water partition coefficient (Wildman–Crippen LogP) is 2.81. The van der Waals surface area contributed by atoms with Crippen LogP contribution in [0.5, 0.6) is 5.75 Å². The summed E-state index contributed by atoms with van der Waals surface area (Å²) in [5.74, 6) is 0.829. The van der Waals surface area contributed by atoms with Gasteiger partial charge in [0.25, 0.3) is 0 Å². The molecule has 0 saturated carbocycles. The summed E-state index contributed by atoms with van der Waals surface area (Å²) < 4.78 is 1.79. The van der Waals surface area contributed by atoms with Crippen LogP contribution in [0.2, 0.25) is 0 Å². The van der Waals surface area contributed by atoms with Gasteiger partial charge in [-0.3, -0.25) is 9.48 Å². The third-order valence-electron chi connectivity index (χ3n) is 5.46. The van der Waals surface area contributed by atoms with E-state index in [0.29, 0.717) is 24.6 Å². The molecule has 1 fully saturated rings. The van der Waals surface area contributed by atoms with Gasteiger partial charge in [-0.2, -0.15) is 5.10 Å². The van der Waals surface area contributed by atoms with Crippen molar-refractivity contribution in [3.63, 3.8) is 0 Å². The van der Waals surface area contributed by atoms with E-state index in [0.717, 1.165) is 25.1 Å². The van der Waals surface area contributed by atoms with Crippen molar-refractivity contribution in [1.82, 2.24) is 14.7 Å². The van der Waals surface area contributed by atoms with Gasteiger partial charge in [-0.05, 0) is 41.5 Å². The van der Waals surface area contributed by atoms with Crippen LogP contribution in [0.4, 0.5) is 0 Å². The zero-order valence-electron chi connectivity index (χ0n) is 14.4. The second-order valence-corrected chi connectivity index (χ2v) is 6.98. The number of aromatic hydroxyl groups is 1. The minimum absolute atomic E-state index is 0.0164. The van der Waals surface area contributed by atoms with Gasteiger partial charge in [0.15, 0.2) is 0 Å². The minimum Gasteiger partial charge on any atom is -0.508 e. The first-order valence-corrected chi connectivity index (χ1v) is 8.54. The molecule has 0 bridgehead atoms. The Morgan fingerprint density at radius 1 is 1.42 bits per heavy atom. The number of nitrogens with zero attached hydrogens (tertiary/aromatic N) is 3. The van der Waals surface area contributed by atoms with Crippen LogP contribution in [0.3, 0.4) is 0 Å². The first-order chi connectivity index (χ1) is 11.5. The fraction of sp³-hybridized carbons (Fsp3) is 0.474. The lowest BCUT2D eigenvalue weighted by atomic mass is 9.68. The zero-order chi connectivity index (χ0) is 17.2. The molecule has 0 aliphatic carbocycles. The molecule has 1 aliphatic rings. The Morgan fingerprint density at radius 2 is 2.25 bits per heavy atom. The van der Waals surface area contributed by atoms with Gasteiger partial charge >= 0.3 is 0 Å². The molecule has 2 aromatic rings. The highest BCUT2D eigenvalue weighted by Gasteiger charge is 2.39. The number of piperidine rings is 1. The quantitative estimate of drug-likeness (QED) is 0.939. The van der Waals surface area contributed by atoms with Crippen LogP contribution in [0.25, 0.3) is 0 Å². The van der Waals surface area contributed by atoms with Crippen molar-refractivity contribution >= 4 is 5.91 Å². The average Bonchev–Trinajstić information content (AvgIpc) is 3.08. The lowest BCUT2D eigenvalue weighted by molar-refractivity contribution is -0.134. The van der Waals surface area contributed by atoms with Gasteiger partial charge in [-0.25, -0.2) is 0 Å². The summed E-state index contributed by atoms with van der Waals surface area (Å²) in [4.78, 5) is 14.5. The highest BCUT2D eigenvalue weighted by molar-refractivity contribution is 5.76. The van der Waals surface area contributed by atoms with Crippen LogP contribution >= 0.6 is 0 Å². The third kappa shape index (κ3) is 3.30. The van der Waals surface area contributed by atoms with Crippen LogP contribution in [0.15, 0.2) is 42.7 Å². The van der Waals surface area contributed by atoms with Crippen molar-refractivity contribution in [3.05, 3.63) is 48.3 Å². The number of aromatic nitrogens is 2. The van der Waals surface area contributed by atoms with Crippen LogP contribution in [-0.4, -0.2) is 38.8 Å². The number of phenolic OH excluding ortho intramolecular Hbond substituents is 1. The van der Waals surface area contributed by atoms with E-state index in [1.54, 1.807) is 16.9 Å². The van der Waals surface area contributed by atoms with Crippen LogP contribution in [0, 0.1) is 5.92 Å². The number of carbonyl (C=O) groups excluding carboxylic acids is 1. The molecule has 128 valence electrons. The minimum atomic E-state index is -0.0164. The first kappa shape index (κ1) is 16.6. The van der Waals surface area contributed by atoms with Gasteiger partial charge in [0.1, 0.15) is 5.75 Å². The smallest absolute Gasteiger partial charge is 0.224 e. The number of carbonyl (C=O) groups is 1. The van der Waals surface area contributed by atoms with Gasteiger partial charge in [0, 0.05) is 38.4 Å². The summed E-state index contributed by atoms with van der Waals surface area (Å²) in [7, 11) is 0. The summed E-state index contributed by atoms with van der Waals surface area (Å²) in [6, 6.07) is 9.39. The molecular weight excluding hydrogens is 302 g/mol. The largest absolute Gasteiger partial charge is 0.508 e. The Labute approximate surface area is 142 Å². The molecule has 2 heterocycles. The molecular formula is C19H25N3O2. The Hall–Kier alpha value is -2.30. The van der Waals surface area contributed by atoms with E-state index in [-0.39, 0.29) is 11.3 Å². The van der Waals surface area contributed by atoms with E-state index >= 15 is 0 Å². The van der Waals surface area contributed by atoms with Crippen molar-refractivity contribution in [2.45, 2.75) is 38.6 Å². The van der Waals surface area contributed by atoms with E-state index in [1.165, 1.54) is 0 Å². The molecule has 1 aliphatic heterocycles. The number of phenols is 1. The van der Waals surface area contributed by atoms with Crippen molar-refractivity contribution in [3.8, 4) is 5.75 Å².